The largest absolute Gasteiger partial charge is 0.302 e. The molecule has 9 heteroatoms. The van der Waals surface area contributed by atoms with E-state index in [1.54, 1.807) is 44.8 Å². The number of aryl methyl sites for hydroxylation is 3. The smallest absolute Gasteiger partial charge is 0.277 e. The van der Waals surface area contributed by atoms with Crippen molar-refractivity contribution in [3.8, 4) is 11.3 Å². The average molecular weight is 400 g/mol. The van der Waals surface area contributed by atoms with Gasteiger partial charge in [-0.25, -0.2) is 8.42 Å². The summed E-state index contributed by atoms with van der Waals surface area (Å²) in [4.78, 5) is 25.8. The maximum atomic E-state index is 13.1. The summed E-state index contributed by atoms with van der Waals surface area (Å²) in [6.07, 6.45) is 2.94. The van der Waals surface area contributed by atoms with Crippen molar-refractivity contribution in [2.24, 2.45) is 7.05 Å². The number of fused-ring (bicyclic) bond motifs is 3. The number of ketones is 1. The van der Waals surface area contributed by atoms with Crippen LogP contribution in [0.4, 0.5) is 0 Å². The summed E-state index contributed by atoms with van der Waals surface area (Å²) < 4.78 is 28.7. The maximum absolute atomic E-state index is 13.1. The highest BCUT2D eigenvalue weighted by atomic mass is 32.2. The van der Waals surface area contributed by atoms with Gasteiger partial charge in [-0.2, -0.15) is 5.10 Å². The van der Waals surface area contributed by atoms with Gasteiger partial charge in [-0.15, -0.1) is 0 Å². The highest BCUT2D eigenvalue weighted by Gasteiger charge is 2.35. The van der Waals surface area contributed by atoms with E-state index in [0.29, 0.717) is 40.1 Å². The lowest BCUT2D eigenvalue weighted by Gasteiger charge is -2.23. The van der Waals surface area contributed by atoms with E-state index in [4.69, 9.17) is 0 Å². The number of aromatic amines is 1. The monoisotopic (exact) mass is 400 g/mol. The summed E-state index contributed by atoms with van der Waals surface area (Å²) >= 11 is 0. The molecule has 4 rings (SSSR count). The third kappa shape index (κ3) is 2.42. The molecule has 1 aliphatic rings. The number of aromatic nitrogens is 4. The average Bonchev–Trinajstić information content (AvgIpc) is 3.18. The fraction of sp³-hybridized carbons (Fsp3) is 0.316. The summed E-state index contributed by atoms with van der Waals surface area (Å²) in [6, 6.07) is 1.57. The molecule has 8 nitrogen and oxygen atoms in total. The van der Waals surface area contributed by atoms with Crippen LogP contribution in [0.25, 0.3) is 11.3 Å². The minimum Gasteiger partial charge on any atom is -0.302 e. The second-order valence-electron chi connectivity index (χ2n) is 7.04. The Bertz CT molecular complexity index is 1310. The Morgan fingerprint density at radius 1 is 1.29 bits per heavy atom. The van der Waals surface area contributed by atoms with Gasteiger partial charge in [0.05, 0.1) is 22.5 Å². The zero-order chi connectivity index (χ0) is 20.4. The first-order valence-electron chi connectivity index (χ1n) is 8.88. The number of hydrogen-bond donors (Lipinski definition) is 1. The molecule has 1 aliphatic heterocycles. The molecule has 0 atom stereocenters. The van der Waals surface area contributed by atoms with Crippen molar-refractivity contribution in [3.05, 3.63) is 56.6 Å². The van der Waals surface area contributed by atoms with Crippen molar-refractivity contribution >= 4 is 15.6 Å². The molecule has 0 fully saturated rings. The third-order valence-corrected chi connectivity index (χ3v) is 7.12. The first kappa shape index (κ1) is 18.4. The van der Waals surface area contributed by atoms with Crippen molar-refractivity contribution in [2.45, 2.75) is 38.0 Å². The molecular weight excluding hydrogens is 380 g/mol. The molecule has 2 aromatic heterocycles. The molecule has 0 saturated heterocycles. The third-order valence-electron chi connectivity index (χ3n) is 5.28. The van der Waals surface area contributed by atoms with Crippen LogP contribution in [0.1, 0.15) is 39.5 Å². The molecule has 1 aromatic carbocycles. The summed E-state index contributed by atoms with van der Waals surface area (Å²) in [5.74, 6) is -0.543. The van der Waals surface area contributed by atoms with Gasteiger partial charge in [-0.05, 0) is 38.0 Å². The van der Waals surface area contributed by atoms with Crippen LogP contribution < -0.4 is 5.56 Å². The maximum Gasteiger partial charge on any atom is 0.277 e. The molecule has 0 amide bonds. The van der Waals surface area contributed by atoms with Crippen LogP contribution in [0.2, 0.25) is 0 Å². The van der Waals surface area contributed by atoms with E-state index >= 15 is 0 Å². The molecule has 0 unspecified atom stereocenters. The Kier molecular flexibility index (Phi) is 3.97. The number of H-pyrrole nitrogens is 1. The van der Waals surface area contributed by atoms with Gasteiger partial charge in [0.25, 0.3) is 5.56 Å². The van der Waals surface area contributed by atoms with Crippen LogP contribution in [0.15, 0.2) is 28.2 Å². The summed E-state index contributed by atoms with van der Waals surface area (Å²) in [5.41, 5.74) is 2.78. The molecule has 28 heavy (non-hydrogen) atoms. The number of sulfone groups is 1. The standard InChI is InChI=1S/C19H20N4O4S/c1-5-23-19(25)14(8-21-23)17(24)13-6-10(2)18-15(11(13)3)16-12(7-20-22(16)4)9-28(18,26)27/h6-8,21H,5,9H2,1-4H3. The highest BCUT2D eigenvalue weighted by molar-refractivity contribution is 7.91. The zero-order valence-electron chi connectivity index (χ0n) is 16.0. The number of carbonyl (C=O) groups excluding carboxylic acids is 1. The van der Waals surface area contributed by atoms with Crippen LogP contribution in [-0.4, -0.2) is 33.8 Å². The Morgan fingerprint density at radius 2 is 2.00 bits per heavy atom. The lowest BCUT2D eigenvalue weighted by Crippen LogP contribution is -2.23. The number of benzene rings is 1. The Balaban J connectivity index is 2.03. The van der Waals surface area contributed by atoms with Crippen LogP contribution in [-0.2, 0) is 29.2 Å². The number of nitrogens with one attached hydrogen (secondary N) is 1. The number of carbonyl (C=O) groups is 1. The Morgan fingerprint density at radius 3 is 2.64 bits per heavy atom. The van der Waals surface area contributed by atoms with E-state index in [9.17, 15) is 18.0 Å². The molecule has 0 aliphatic carbocycles. The first-order chi connectivity index (χ1) is 13.2. The predicted molar refractivity (Wildman–Crippen MR) is 103 cm³/mol. The van der Waals surface area contributed by atoms with Crippen molar-refractivity contribution in [3.63, 3.8) is 0 Å². The second kappa shape index (κ2) is 6.03. The van der Waals surface area contributed by atoms with Crippen LogP contribution in [0.3, 0.4) is 0 Å². The van der Waals surface area contributed by atoms with E-state index < -0.39 is 21.2 Å². The quantitative estimate of drug-likeness (QED) is 0.674. The van der Waals surface area contributed by atoms with Crippen molar-refractivity contribution < 1.29 is 13.2 Å². The van der Waals surface area contributed by atoms with Gasteiger partial charge in [0.15, 0.2) is 15.6 Å². The number of hydrogen-bond acceptors (Lipinski definition) is 5. The van der Waals surface area contributed by atoms with E-state index in [2.05, 4.69) is 10.2 Å². The van der Waals surface area contributed by atoms with Crippen molar-refractivity contribution in [1.82, 2.24) is 19.6 Å². The van der Waals surface area contributed by atoms with Crippen LogP contribution in [0.5, 0.6) is 0 Å². The summed E-state index contributed by atoms with van der Waals surface area (Å²) in [6.45, 7) is 5.61. The van der Waals surface area contributed by atoms with Gasteiger partial charge >= 0.3 is 0 Å². The van der Waals surface area contributed by atoms with Crippen LogP contribution in [0, 0.1) is 13.8 Å². The molecule has 3 heterocycles. The fourth-order valence-corrected chi connectivity index (χ4v) is 5.83. The summed E-state index contributed by atoms with van der Waals surface area (Å²) in [7, 11) is -1.80. The van der Waals surface area contributed by atoms with Gasteiger partial charge in [-0.3, -0.25) is 19.0 Å². The minimum atomic E-state index is -3.55. The molecule has 0 saturated carbocycles. The first-order valence-corrected chi connectivity index (χ1v) is 10.5. The van der Waals surface area contributed by atoms with Gasteiger partial charge in [0.1, 0.15) is 5.56 Å². The fourth-order valence-electron chi connectivity index (χ4n) is 3.95. The summed E-state index contributed by atoms with van der Waals surface area (Å²) in [5, 5.41) is 6.98. The minimum absolute atomic E-state index is 0.0354. The second-order valence-corrected chi connectivity index (χ2v) is 8.96. The van der Waals surface area contributed by atoms with E-state index in [1.165, 1.54) is 10.9 Å². The van der Waals surface area contributed by atoms with Crippen molar-refractivity contribution in [2.75, 3.05) is 0 Å². The molecule has 1 N–H and O–H groups in total. The zero-order valence-corrected chi connectivity index (χ0v) is 16.8. The lowest BCUT2D eigenvalue weighted by molar-refractivity contribution is 0.103. The lowest BCUT2D eigenvalue weighted by atomic mass is 9.91. The Hall–Kier alpha value is -2.94. The number of rotatable bonds is 3. The molecule has 146 valence electrons. The van der Waals surface area contributed by atoms with Crippen LogP contribution >= 0.6 is 0 Å². The molecular formula is C19H20N4O4S. The topological polar surface area (TPSA) is 107 Å². The van der Waals surface area contributed by atoms with Gasteiger partial charge in [0.2, 0.25) is 0 Å². The SMILES string of the molecule is CCn1[nH]cc(C(=O)c2cc(C)c3c(c2C)-c2c(cnn2C)CS3(=O)=O)c1=O. The van der Waals surface area contributed by atoms with Crippen molar-refractivity contribution in [1.29, 1.82) is 0 Å². The Labute approximate surface area is 161 Å². The van der Waals surface area contributed by atoms with Gasteiger partial charge < -0.3 is 5.10 Å². The number of nitrogens with zero attached hydrogens (tertiary/aromatic N) is 3. The molecule has 0 bridgehead atoms. The van der Waals surface area contributed by atoms with E-state index in [0.717, 1.165) is 0 Å². The molecule has 0 radical (unpaired) electrons. The normalized spacial score (nSPS) is 14.6. The van der Waals surface area contributed by atoms with E-state index in [-0.39, 0.29) is 16.2 Å². The highest BCUT2D eigenvalue weighted by Crippen LogP contribution is 2.42. The predicted octanol–water partition coefficient (Wildman–Crippen LogP) is 1.73. The van der Waals surface area contributed by atoms with Gasteiger partial charge in [0, 0.05) is 36.5 Å². The molecule has 0 spiro atoms. The molecule has 3 aromatic rings. The van der Waals surface area contributed by atoms with Gasteiger partial charge in [-0.1, -0.05) is 0 Å². The van der Waals surface area contributed by atoms with E-state index in [1.807, 2.05) is 0 Å².